The van der Waals surface area contributed by atoms with Crippen LogP contribution in [-0.2, 0) is 11.4 Å². The minimum Gasteiger partial charge on any atom is -0.508 e. The van der Waals surface area contributed by atoms with Crippen LogP contribution >= 0.6 is 0 Å². The molecule has 1 saturated heterocycles. The highest BCUT2D eigenvalue weighted by molar-refractivity contribution is 5.97. The van der Waals surface area contributed by atoms with Crippen LogP contribution in [0.2, 0.25) is 0 Å². The summed E-state index contributed by atoms with van der Waals surface area (Å²) in [6.45, 7) is 2.98. The van der Waals surface area contributed by atoms with E-state index in [-0.39, 0.29) is 22.9 Å². The molecule has 2 N–H and O–H groups in total. The van der Waals surface area contributed by atoms with Crippen molar-refractivity contribution in [2.24, 2.45) is 10.2 Å². The minimum absolute atomic E-state index is 0.0257. The predicted molar refractivity (Wildman–Crippen MR) is 103 cm³/mol. The standard InChI is InChI=1S/C20H19FN4O4/c21-14-3-6-17-16(11-14)18(20(28)25(17)12-24-7-9-29-10-8-24)22-23-19(27)13-1-4-15(26)5-2-13/h1-6,11,26,28H,7-10,12H2. The summed E-state index contributed by atoms with van der Waals surface area (Å²) >= 11 is 0. The normalized spacial score (nSPS) is 15.3. The number of rotatable bonds is 4. The Bertz CT molecular complexity index is 1070. The van der Waals surface area contributed by atoms with E-state index in [0.29, 0.717) is 43.9 Å². The van der Waals surface area contributed by atoms with Gasteiger partial charge in [-0.3, -0.25) is 14.3 Å². The fourth-order valence-corrected chi connectivity index (χ4v) is 3.24. The van der Waals surface area contributed by atoms with Crippen LogP contribution in [0.5, 0.6) is 11.6 Å². The molecule has 1 fully saturated rings. The molecule has 0 saturated carbocycles. The number of carbonyl (C=O) groups excluding carboxylic acids is 1. The molecule has 0 atom stereocenters. The number of carbonyl (C=O) groups is 1. The van der Waals surface area contributed by atoms with E-state index in [4.69, 9.17) is 4.74 Å². The Balaban J connectivity index is 1.69. The summed E-state index contributed by atoms with van der Waals surface area (Å²) in [6, 6.07) is 9.68. The molecule has 29 heavy (non-hydrogen) atoms. The fraction of sp³-hybridized carbons (Fsp3) is 0.250. The molecule has 0 bridgehead atoms. The van der Waals surface area contributed by atoms with E-state index in [2.05, 4.69) is 15.1 Å². The summed E-state index contributed by atoms with van der Waals surface area (Å²) in [7, 11) is 0. The van der Waals surface area contributed by atoms with Crippen LogP contribution in [-0.4, -0.2) is 51.9 Å². The lowest BCUT2D eigenvalue weighted by Crippen LogP contribution is -2.37. The Morgan fingerprint density at radius 3 is 2.55 bits per heavy atom. The quantitative estimate of drug-likeness (QED) is 0.656. The number of nitrogens with zero attached hydrogens (tertiary/aromatic N) is 4. The molecule has 4 rings (SSSR count). The van der Waals surface area contributed by atoms with E-state index < -0.39 is 11.7 Å². The number of hydrogen-bond donors (Lipinski definition) is 2. The summed E-state index contributed by atoms with van der Waals surface area (Å²) in [4.78, 5) is 14.3. The van der Waals surface area contributed by atoms with Gasteiger partial charge in [0.15, 0.2) is 5.69 Å². The summed E-state index contributed by atoms with van der Waals surface area (Å²) in [5.74, 6) is -1.30. The number of phenols is 1. The summed E-state index contributed by atoms with van der Waals surface area (Å²) < 4.78 is 20.8. The van der Waals surface area contributed by atoms with Crippen molar-refractivity contribution in [3.63, 3.8) is 0 Å². The highest BCUT2D eigenvalue weighted by Gasteiger charge is 2.20. The third kappa shape index (κ3) is 3.96. The molecule has 0 spiro atoms. The molecule has 1 aromatic heterocycles. The van der Waals surface area contributed by atoms with E-state index in [0.717, 1.165) is 0 Å². The molecular formula is C20H19FN4O4. The second-order valence-corrected chi connectivity index (χ2v) is 6.69. The van der Waals surface area contributed by atoms with E-state index in [9.17, 15) is 19.4 Å². The second kappa shape index (κ2) is 7.98. The van der Waals surface area contributed by atoms with Crippen LogP contribution in [0.4, 0.5) is 10.1 Å². The minimum atomic E-state index is -0.644. The molecule has 1 amide bonds. The lowest BCUT2D eigenvalue weighted by Gasteiger charge is -2.27. The number of azo groups is 1. The van der Waals surface area contributed by atoms with Gasteiger partial charge in [-0.25, -0.2) is 4.39 Å². The Hall–Kier alpha value is -3.30. The molecule has 0 unspecified atom stereocenters. The molecule has 1 aliphatic heterocycles. The van der Waals surface area contributed by atoms with E-state index in [1.54, 1.807) is 10.6 Å². The van der Waals surface area contributed by atoms with Gasteiger partial charge in [-0.2, -0.15) is 0 Å². The third-order valence-corrected chi connectivity index (χ3v) is 4.77. The van der Waals surface area contributed by atoms with Gasteiger partial charge in [0.1, 0.15) is 11.6 Å². The molecule has 2 aromatic carbocycles. The predicted octanol–water partition coefficient (Wildman–Crippen LogP) is 3.41. The maximum Gasteiger partial charge on any atom is 0.295 e. The molecule has 2 heterocycles. The van der Waals surface area contributed by atoms with Crippen LogP contribution < -0.4 is 0 Å². The van der Waals surface area contributed by atoms with Crippen LogP contribution in [0.1, 0.15) is 10.4 Å². The van der Waals surface area contributed by atoms with E-state index in [1.165, 1.54) is 36.4 Å². The SMILES string of the molecule is O=C(N=Nc1c(O)n(CN2CCOCC2)c2ccc(F)cc12)c1ccc(O)cc1. The molecule has 9 heteroatoms. The van der Waals surface area contributed by atoms with Crippen molar-refractivity contribution in [1.82, 2.24) is 9.47 Å². The zero-order valence-corrected chi connectivity index (χ0v) is 15.5. The van der Waals surface area contributed by atoms with Gasteiger partial charge < -0.3 is 14.9 Å². The fourth-order valence-electron chi connectivity index (χ4n) is 3.24. The Morgan fingerprint density at radius 1 is 1.10 bits per heavy atom. The lowest BCUT2D eigenvalue weighted by atomic mass is 10.2. The molecule has 0 aliphatic carbocycles. The second-order valence-electron chi connectivity index (χ2n) is 6.69. The van der Waals surface area contributed by atoms with Crippen molar-refractivity contribution < 1.29 is 24.1 Å². The number of halogens is 1. The van der Waals surface area contributed by atoms with Gasteiger partial charge >= 0.3 is 0 Å². The van der Waals surface area contributed by atoms with E-state index >= 15 is 0 Å². The zero-order chi connectivity index (χ0) is 20.4. The van der Waals surface area contributed by atoms with Gasteiger partial charge in [0.25, 0.3) is 5.91 Å². The average Bonchev–Trinajstić information content (AvgIpc) is 2.98. The first-order chi connectivity index (χ1) is 14.0. The largest absolute Gasteiger partial charge is 0.508 e. The maximum atomic E-state index is 13.8. The molecule has 8 nitrogen and oxygen atoms in total. The van der Waals surface area contributed by atoms with Crippen molar-refractivity contribution in [1.29, 1.82) is 0 Å². The monoisotopic (exact) mass is 398 g/mol. The van der Waals surface area contributed by atoms with Gasteiger partial charge in [0.05, 0.1) is 25.4 Å². The number of aromatic nitrogens is 1. The number of aromatic hydroxyl groups is 2. The van der Waals surface area contributed by atoms with Gasteiger partial charge in [0, 0.05) is 24.0 Å². The molecule has 3 aromatic rings. The number of ether oxygens (including phenoxy) is 1. The van der Waals surface area contributed by atoms with Crippen molar-refractivity contribution in [3.05, 3.63) is 53.8 Å². The number of benzene rings is 2. The van der Waals surface area contributed by atoms with Crippen LogP contribution in [0.25, 0.3) is 10.9 Å². The van der Waals surface area contributed by atoms with Gasteiger partial charge in [-0.05, 0) is 42.5 Å². The Morgan fingerprint density at radius 2 is 1.83 bits per heavy atom. The van der Waals surface area contributed by atoms with Crippen LogP contribution in [0.3, 0.4) is 0 Å². The zero-order valence-electron chi connectivity index (χ0n) is 15.5. The topological polar surface area (TPSA) is 99.6 Å². The smallest absolute Gasteiger partial charge is 0.295 e. The van der Waals surface area contributed by atoms with Gasteiger partial charge in [-0.1, -0.05) is 0 Å². The van der Waals surface area contributed by atoms with Crippen LogP contribution in [0.15, 0.2) is 52.7 Å². The number of amides is 1. The highest BCUT2D eigenvalue weighted by Crippen LogP contribution is 2.39. The summed E-state index contributed by atoms with van der Waals surface area (Å²) in [6.07, 6.45) is 0. The highest BCUT2D eigenvalue weighted by atomic mass is 19.1. The van der Waals surface area contributed by atoms with Gasteiger partial charge in [-0.15, -0.1) is 10.2 Å². The maximum absolute atomic E-state index is 13.8. The number of fused-ring (bicyclic) bond motifs is 1. The first-order valence-corrected chi connectivity index (χ1v) is 9.09. The van der Waals surface area contributed by atoms with Crippen molar-refractivity contribution in [2.45, 2.75) is 6.67 Å². The van der Waals surface area contributed by atoms with Crippen LogP contribution in [0, 0.1) is 5.82 Å². The first kappa shape index (κ1) is 19.0. The number of phenolic OH excluding ortho intramolecular Hbond substituents is 1. The van der Waals surface area contributed by atoms with Gasteiger partial charge in [0.2, 0.25) is 5.88 Å². The number of hydrogen-bond acceptors (Lipinski definition) is 6. The third-order valence-electron chi connectivity index (χ3n) is 4.77. The van der Waals surface area contributed by atoms with Crippen molar-refractivity contribution in [2.75, 3.05) is 26.3 Å². The average molecular weight is 398 g/mol. The number of morpholine rings is 1. The summed E-state index contributed by atoms with van der Waals surface area (Å²) in [5, 5.41) is 28.0. The van der Waals surface area contributed by atoms with Crippen molar-refractivity contribution >= 4 is 22.5 Å². The molecular weight excluding hydrogens is 379 g/mol. The van der Waals surface area contributed by atoms with Crippen molar-refractivity contribution in [3.8, 4) is 11.6 Å². The Kier molecular flexibility index (Phi) is 5.24. The first-order valence-electron chi connectivity index (χ1n) is 9.09. The summed E-state index contributed by atoms with van der Waals surface area (Å²) in [5.41, 5.74) is 0.843. The Labute approximate surface area is 165 Å². The molecule has 0 radical (unpaired) electrons. The molecule has 150 valence electrons. The lowest BCUT2D eigenvalue weighted by molar-refractivity contribution is 0.0231. The molecule has 1 aliphatic rings. The van der Waals surface area contributed by atoms with E-state index in [1.807, 2.05) is 0 Å².